The van der Waals surface area contributed by atoms with E-state index in [0.717, 1.165) is 0 Å². The second kappa shape index (κ2) is 50.9. The Kier molecular flexibility index (Phi) is 651. The first kappa shape index (κ1) is 76.8. The van der Waals surface area contributed by atoms with E-state index in [-0.39, 0.29) is 89.9 Å². The maximum atomic E-state index is 0. The molecule has 0 aromatic rings. The van der Waals surface area contributed by atoms with Crippen molar-refractivity contribution in [2.45, 2.75) is 0 Å². The molecule has 0 N–H and O–H groups in total. The molecular formula is H10NbS5. The minimum atomic E-state index is 0. The Morgan fingerprint density at radius 2 is 0.333 bits per heavy atom. The smallest absolute Gasteiger partial charge is 0 e. The molecule has 0 amide bonds. The summed E-state index contributed by atoms with van der Waals surface area (Å²) in [4.78, 5) is 0. The van der Waals surface area contributed by atoms with Crippen molar-refractivity contribution < 1.29 is 22.4 Å². The Morgan fingerprint density at radius 1 is 0.333 bits per heavy atom. The third-order valence-corrected chi connectivity index (χ3v) is 0. The third kappa shape index (κ3) is 31.5. The molecule has 0 saturated carbocycles. The van der Waals surface area contributed by atoms with Crippen LogP contribution < -0.4 is 0 Å². The van der Waals surface area contributed by atoms with Gasteiger partial charge in [0.05, 0.1) is 0 Å². The normalized spacial score (nSPS) is 0. The minimum absolute atomic E-state index is 0. The van der Waals surface area contributed by atoms with Crippen molar-refractivity contribution in [3.05, 3.63) is 0 Å². The van der Waals surface area contributed by atoms with E-state index in [0.29, 0.717) is 0 Å². The Labute approximate surface area is 89.0 Å². The monoisotopic (exact) mass is 263 g/mol. The van der Waals surface area contributed by atoms with Crippen LogP contribution in [0.1, 0.15) is 0 Å². The van der Waals surface area contributed by atoms with Crippen LogP contribution in [0, 0.1) is 0 Å². The molecule has 0 rings (SSSR count). The fraction of sp³-hybridized carbons (Fsp3) is 0. The molecule has 0 saturated heterocycles. The molecule has 1 radical (unpaired) electrons. The van der Waals surface area contributed by atoms with Crippen molar-refractivity contribution in [3.63, 3.8) is 0 Å². The average molecular weight is 263 g/mol. The van der Waals surface area contributed by atoms with Crippen LogP contribution in [0.3, 0.4) is 0 Å². The molecular weight excluding hydrogens is 253 g/mol. The molecule has 0 bridgehead atoms. The fourth-order valence-corrected chi connectivity index (χ4v) is 0. The Balaban J connectivity index is 0. The summed E-state index contributed by atoms with van der Waals surface area (Å²) in [6.45, 7) is 0. The summed E-state index contributed by atoms with van der Waals surface area (Å²) in [5.74, 6) is 0. The van der Waals surface area contributed by atoms with E-state index in [1.54, 1.807) is 0 Å². The van der Waals surface area contributed by atoms with Gasteiger partial charge in [0.15, 0.2) is 0 Å². The van der Waals surface area contributed by atoms with E-state index in [9.17, 15) is 0 Å². The van der Waals surface area contributed by atoms with Crippen molar-refractivity contribution in [1.29, 1.82) is 0 Å². The maximum Gasteiger partial charge on any atom is 0 e. The summed E-state index contributed by atoms with van der Waals surface area (Å²) < 4.78 is 0. The predicted molar refractivity (Wildman–Crippen MR) is 51.9 cm³/mol. The molecule has 0 aliphatic rings. The van der Waals surface area contributed by atoms with Crippen LogP contribution in [-0.4, -0.2) is 0 Å². The topological polar surface area (TPSA) is 0 Å². The van der Waals surface area contributed by atoms with Crippen molar-refractivity contribution in [1.82, 2.24) is 0 Å². The Morgan fingerprint density at radius 3 is 0.333 bits per heavy atom. The zero-order chi connectivity index (χ0) is 0. The molecule has 0 unspecified atom stereocenters. The van der Waals surface area contributed by atoms with Crippen molar-refractivity contribution in [2.24, 2.45) is 0 Å². The third-order valence-electron chi connectivity index (χ3n) is 0. The molecule has 6 heavy (non-hydrogen) atoms. The molecule has 0 aliphatic carbocycles. The molecule has 0 atom stereocenters. The van der Waals surface area contributed by atoms with Crippen LogP contribution in [0.5, 0.6) is 0 Å². The Hall–Kier alpha value is 2.49. The first-order valence-electron chi connectivity index (χ1n) is 0. The first-order chi connectivity index (χ1) is 0. The molecule has 0 aromatic heterocycles. The molecule has 6 heteroatoms. The van der Waals surface area contributed by atoms with Crippen molar-refractivity contribution in [2.75, 3.05) is 0 Å². The van der Waals surface area contributed by atoms with Crippen LogP contribution in [0.2, 0.25) is 0 Å². The van der Waals surface area contributed by atoms with Gasteiger partial charge in [0.25, 0.3) is 0 Å². The van der Waals surface area contributed by atoms with Gasteiger partial charge >= 0.3 is 0 Å². The first-order valence-corrected chi connectivity index (χ1v) is 0. The van der Waals surface area contributed by atoms with Crippen LogP contribution >= 0.6 is 67.5 Å². The average Bonchev–Trinajstić information content (AvgIpc) is 0. The predicted octanol–water partition coefficient (Wildman–Crippen LogP) is 0.561. The van der Waals surface area contributed by atoms with Gasteiger partial charge in [-0.25, -0.2) is 0 Å². The molecule has 0 aromatic carbocycles. The van der Waals surface area contributed by atoms with E-state index in [2.05, 4.69) is 0 Å². The van der Waals surface area contributed by atoms with E-state index < -0.39 is 0 Å². The summed E-state index contributed by atoms with van der Waals surface area (Å²) >= 11 is 0. The van der Waals surface area contributed by atoms with Crippen LogP contribution in [0.25, 0.3) is 0 Å². The van der Waals surface area contributed by atoms with Crippen molar-refractivity contribution in [3.8, 4) is 0 Å². The zero-order valence-electron chi connectivity index (χ0n) is 2.95. The molecule has 0 fully saturated rings. The van der Waals surface area contributed by atoms with Gasteiger partial charge in [-0.05, 0) is 0 Å². The van der Waals surface area contributed by atoms with Crippen molar-refractivity contribution >= 4 is 67.5 Å². The quantitative estimate of drug-likeness (QED) is 0.560. The van der Waals surface area contributed by atoms with E-state index in [1.807, 2.05) is 0 Å². The van der Waals surface area contributed by atoms with E-state index in [4.69, 9.17) is 0 Å². The number of hydrogen-bond donors (Lipinski definition) is 0. The largest absolute Gasteiger partial charge is 0.197 e. The van der Waals surface area contributed by atoms with Crippen LogP contribution in [-0.2, 0) is 22.4 Å². The van der Waals surface area contributed by atoms with Gasteiger partial charge in [-0.1, -0.05) is 0 Å². The van der Waals surface area contributed by atoms with E-state index in [1.165, 1.54) is 0 Å². The summed E-state index contributed by atoms with van der Waals surface area (Å²) in [5.41, 5.74) is 0. The summed E-state index contributed by atoms with van der Waals surface area (Å²) in [6.07, 6.45) is 0. The van der Waals surface area contributed by atoms with Gasteiger partial charge in [0.2, 0.25) is 0 Å². The second-order valence-corrected chi connectivity index (χ2v) is 0. The SMILES string of the molecule is S.S.S.S.S.[Nb]. The molecule has 0 heterocycles. The van der Waals surface area contributed by atoms with Gasteiger partial charge in [-0.3, -0.25) is 0 Å². The van der Waals surface area contributed by atoms with Gasteiger partial charge in [0, 0.05) is 22.4 Å². The van der Waals surface area contributed by atoms with Gasteiger partial charge in [-0.2, -0.15) is 67.5 Å². The molecule has 0 spiro atoms. The van der Waals surface area contributed by atoms with Crippen LogP contribution in [0.15, 0.2) is 0 Å². The Bertz CT molecular complexity index is 3.90. The molecule has 0 nitrogen and oxygen atoms in total. The molecule has 45 valence electrons. The number of rotatable bonds is 0. The zero-order valence-corrected chi connectivity index (χ0v) is 10.1. The van der Waals surface area contributed by atoms with E-state index >= 15 is 0 Å². The van der Waals surface area contributed by atoms with Gasteiger partial charge in [-0.15, -0.1) is 0 Å². The fourth-order valence-electron chi connectivity index (χ4n) is 0. The summed E-state index contributed by atoms with van der Waals surface area (Å²) in [5, 5.41) is 0. The second-order valence-electron chi connectivity index (χ2n) is 0. The van der Waals surface area contributed by atoms with Crippen LogP contribution in [0.4, 0.5) is 0 Å². The standard InChI is InChI=1S/Nb.5H2S/h;5*1H2. The molecule has 0 aliphatic heterocycles. The number of hydrogen-bond acceptors (Lipinski definition) is 0. The summed E-state index contributed by atoms with van der Waals surface area (Å²) in [6, 6.07) is 0. The van der Waals surface area contributed by atoms with Gasteiger partial charge in [0.1, 0.15) is 0 Å². The maximum absolute atomic E-state index is 0. The van der Waals surface area contributed by atoms with Gasteiger partial charge < -0.3 is 0 Å². The summed E-state index contributed by atoms with van der Waals surface area (Å²) in [7, 11) is 0. The minimum Gasteiger partial charge on any atom is -0.197 e.